The molecule has 0 saturated heterocycles. The molecule has 5 nitrogen and oxygen atoms in total. The minimum Gasteiger partial charge on any atom is -0.358 e. The van der Waals surface area contributed by atoms with Crippen LogP contribution in [0.2, 0.25) is 0 Å². The Kier molecular flexibility index (Phi) is 3.34. The fourth-order valence-electron chi connectivity index (χ4n) is 1.73. The molecule has 0 fully saturated rings. The van der Waals surface area contributed by atoms with Gasteiger partial charge in [0.1, 0.15) is 0 Å². The van der Waals surface area contributed by atoms with E-state index in [2.05, 4.69) is 16.8 Å². The molecule has 5 heteroatoms. The number of aryl methyl sites for hydroxylation is 2. The SMILES string of the molecule is Cc1ccccc1C#Cc1nc(C)n(C)c1[N+](=O)[O-]. The predicted octanol–water partition coefficient (Wildman–Crippen LogP) is 2.34. The molecule has 0 radical (unpaired) electrons. The quantitative estimate of drug-likeness (QED) is 0.446. The summed E-state index contributed by atoms with van der Waals surface area (Å²) in [5.41, 5.74) is 2.08. The van der Waals surface area contributed by atoms with Gasteiger partial charge in [-0.05, 0) is 29.4 Å². The van der Waals surface area contributed by atoms with Crippen LogP contribution in [0.3, 0.4) is 0 Å². The summed E-state index contributed by atoms with van der Waals surface area (Å²) in [6.45, 7) is 3.66. The Bertz CT molecular complexity index is 705. The van der Waals surface area contributed by atoms with Crippen molar-refractivity contribution in [3.63, 3.8) is 0 Å². The molecule has 0 bridgehead atoms. The van der Waals surface area contributed by atoms with Crippen LogP contribution in [0.25, 0.3) is 0 Å². The molecule has 0 N–H and O–H groups in total. The Hall–Kier alpha value is -2.61. The van der Waals surface area contributed by atoms with Crippen molar-refractivity contribution in [3.05, 3.63) is 57.0 Å². The Morgan fingerprint density at radius 3 is 2.58 bits per heavy atom. The number of hydrogen-bond donors (Lipinski definition) is 0. The average Bonchev–Trinajstić information content (AvgIpc) is 2.64. The van der Waals surface area contributed by atoms with Gasteiger partial charge in [0.15, 0.2) is 5.82 Å². The highest BCUT2D eigenvalue weighted by Gasteiger charge is 2.20. The van der Waals surface area contributed by atoms with Crippen molar-refractivity contribution in [2.24, 2.45) is 7.05 Å². The minimum absolute atomic E-state index is 0.0708. The fraction of sp³-hybridized carbons (Fsp3) is 0.214. The van der Waals surface area contributed by atoms with Gasteiger partial charge in [-0.3, -0.25) is 0 Å². The fourth-order valence-corrected chi connectivity index (χ4v) is 1.73. The van der Waals surface area contributed by atoms with Crippen LogP contribution in [0.15, 0.2) is 24.3 Å². The average molecular weight is 255 g/mol. The van der Waals surface area contributed by atoms with Crippen molar-refractivity contribution in [3.8, 4) is 11.8 Å². The molecule has 0 aliphatic heterocycles. The van der Waals surface area contributed by atoms with E-state index < -0.39 is 4.92 Å². The van der Waals surface area contributed by atoms with Crippen molar-refractivity contribution < 1.29 is 4.92 Å². The zero-order valence-electron chi connectivity index (χ0n) is 11.0. The number of nitrogens with zero attached hydrogens (tertiary/aromatic N) is 3. The third kappa shape index (κ3) is 2.47. The van der Waals surface area contributed by atoms with Gasteiger partial charge in [-0.15, -0.1) is 0 Å². The smallest absolute Gasteiger partial charge is 0.358 e. The number of nitro groups is 1. The van der Waals surface area contributed by atoms with E-state index in [1.54, 1.807) is 14.0 Å². The normalized spacial score (nSPS) is 9.84. The summed E-state index contributed by atoms with van der Waals surface area (Å²) in [6.07, 6.45) is 0. The lowest BCUT2D eigenvalue weighted by molar-refractivity contribution is -0.392. The molecule has 0 unspecified atom stereocenters. The lowest BCUT2D eigenvalue weighted by atomic mass is 10.1. The van der Waals surface area contributed by atoms with Crippen molar-refractivity contribution in [1.29, 1.82) is 0 Å². The van der Waals surface area contributed by atoms with E-state index in [0.29, 0.717) is 5.82 Å². The predicted molar refractivity (Wildman–Crippen MR) is 71.8 cm³/mol. The molecule has 1 aromatic heterocycles. The first kappa shape index (κ1) is 12.8. The third-order valence-electron chi connectivity index (χ3n) is 2.92. The Labute approximate surface area is 111 Å². The van der Waals surface area contributed by atoms with Crippen molar-refractivity contribution >= 4 is 5.82 Å². The van der Waals surface area contributed by atoms with Crippen LogP contribution >= 0.6 is 0 Å². The molecule has 0 amide bonds. The maximum absolute atomic E-state index is 11.0. The highest BCUT2D eigenvalue weighted by Crippen LogP contribution is 2.17. The van der Waals surface area contributed by atoms with Gasteiger partial charge in [0.25, 0.3) is 0 Å². The van der Waals surface area contributed by atoms with Gasteiger partial charge in [0, 0.05) is 12.5 Å². The zero-order valence-corrected chi connectivity index (χ0v) is 11.0. The summed E-state index contributed by atoms with van der Waals surface area (Å²) in [5, 5.41) is 11.0. The molecule has 0 saturated carbocycles. The lowest BCUT2D eigenvalue weighted by Crippen LogP contribution is -1.99. The summed E-state index contributed by atoms with van der Waals surface area (Å²) in [7, 11) is 1.61. The molecule has 19 heavy (non-hydrogen) atoms. The summed E-state index contributed by atoms with van der Waals surface area (Å²) >= 11 is 0. The summed E-state index contributed by atoms with van der Waals surface area (Å²) < 4.78 is 1.43. The number of rotatable bonds is 1. The summed E-state index contributed by atoms with van der Waals surface area (Å²) in [5.74, 6) is 6.22. The maximum atomic E-state index is 11.0. The third-order valence-corrected chi connectivity index (χ3v) is 2.92. The van der Waals surface area contributed by atoms with Crippen molar-refractivity contribution in [2.45, 2.75) is 13.8 Å². The molecular formula is C14H13N3O2. The van der Waals surface area contributed by atoms with Gasteiger partial charge in [-0.1, -0.05) is 24.1 Å². The second-order valence-corrected chi connectivity index (χ2v) is 4.21. The maximum Gasteiger partial charge on any atom is 0.358 e. The largest absolute Gasteiger partial charge is 0.358 e. The molecular weight excluding hydrogens is 242 g/mol. The Morgan fingerprint density at radius 2 is 1.95 bits per heavy atom. The minimum atomic E-state index is -0.456. The highest BCUT2D eigenvalue weighted by molar-refractivity contribution is 5.49. The van der Waals surface area contributed by atoms with Gasteiger partial charge in [-0.2, -0.15) is 4.98 Å². The van der Waals surface area contributed by atoms with E-state index in [1.165, 1.54) is 4.57 Å². The standard InChI is InChI=1S/C14H13N3O2/c1-10-6-4-5-7-12(10)8-9-13-14(17(18)19)16(3)11(2)15-13/h4-7H,1-3H3. The van der Waals surface area contributed by atoms with Crippen LogP contribution in [-0.2, 0) is 7.05 Å². The van der Waals surface area contributed by atoms with Gasteiger partial charge in [0.05, 0.1) is 7.05 Å². The van der Waals surface area contributed by atoms with Gasteiger partial charge < -0.3 is 10.1 Å². The molecule has 0 aliphatic rings. The van der Waals surface area contributed by atoms with Crippen LogP contribution in [0.1, 0.15) is 22.6 Å². The number of imidazole rings is 1. The number of aromatic nitrogens is 2. The monoisotopic (exact) mass is 255 g/mol. The lowest BCUT2D eigenvalue weighted by Gasteiger charge is -1.95. The van der Waals surface area contributed by atoms with Gasteiger partial charge >= 0.3 is 5.82 Å². The summed E-state index contributed by atoms with van der Waals surface area (Å²) in [6, 6.07) is 7.63. The molecule has 2 aromatic rings. The van der Waals surface area contributed by atoms with Gasteiger partial charge in [-0.25, -0.2) is 4.57 Å². The van der Waals surface area contributed by atoms with Crippen LogP contribution in [-0.4, -0.2) is 14.5 Å². The number of benzene rings is 1. The van der Waals surface area contributed by atoms with Crippen LogP contribution in [0, 0.1) is 35.8 Å². The summed E-state index contributed by atoms with van der Waals surface area (Å²) in [4.78, 5) is 14.7. The molecule has 2 rings (SSSR count). The first-order valence-corrected chi connectivity index (χ1v) is 5.76. The second kappa shape index (κ2) is 4.94. The van der Waals surface area contributed by atoms with Crippen LogP contribution < -0.4 is 0 Å². The number of hydrogen-bond acceptors (Lipinski definition) is 3. The second-order valence-electron chi connectivity index (χ2n) is 4.21. The molecule has 96 valence electrons. The molecule has 0 atom stereocenters. The van der Waals surface area contributed by atoms with Crippen molar-refractivity contribution in [1.82, 2.24) is 9.55 Å². The van der Waals surface area contributed by atoms with Crippen LogP contribution in [0.4, 0.5) is 5.82 Å². The van der Waals surface area contributed by atoms with E-state index in [0.717, 1.165) is 11.1 Å². The zero-order chi connectivity index (χ0) is 14.0. The van der Waals surface area contributed by atoms with Gasteiger partial charge in [0.2, 0.25) is 5.69 Å². The van der Waals surface area contributed by atoms with Crippen molar-refractivity contribution in [2.75, 3.05) is 0 Å². The van der Waals surface area contributed by atoms with E-state index in [1.807, 2.05) is 31.2 Å². The van der Waals surface area contributed by atoms with E-state index in [-0.39, 0.29) is 11.5 Å². The Balaban J connectivity index is 2.49. The van der Waals surface area contributed by atoms with E-state index >= 15 is 0 Å². The molecule has 0 spiro atoms. The first-order valence-electron chi connectivity index (χ1n) is 5.76. The molecule has 1 aromatic carbocycles. The topological polar surface area (TPSA) is 61.0 Å². The van der Waals surface area contributed by atoms with Crippen LogP contribution in [0.5, 0.6) is 0 Å². The molecule has 0 aliphatic carbocycles. The highest BCUT2D eigenvalue weighted by atomic mass is 16.6. The van der Waals surface area contributed by atoms with E-state index in [9.17, 15) is 10.1 Å². The Morgan fingerprint density at radius 1 is 1.26 bits per heavy atom. The first-order chi connectivity index (χ1) is 9.00. The van der Waals surface area contributed by atoms with E-state index in [4.69, 9.17) is 0 Å². The molecule has 1 heterocycles.